The molecule has 2 heterocycles. The number of hydrogen-bond donors (Lipinski definition) is 1. The van der Waals surface area contributed by atoms with Gasteiger partial charge in [0.2, 0.25) is 0 Å². The Morgan fingerprint density at radius 1 is 1.43 bits per heavy atom. The SMILES string of the molecule is COc1ccc(CC2(C3CCS(=O)(=O)C3)CNC2)cc1Br. The Kier molecular flexibility index (Phi) is 4.05. The van der Waals surface area contributed by atoms with Gasteiger partial charge in [-0.25, -0.2) is 8.42 Å². The van der Waals surface area contributed by atoms with Gasteiger partial charge in [-0.15, -0.1) is 0 Å². The molecule has 2 saturated heterocycles. The molecule has 1 unspecified atom stereocenters. The van der Waals surface area contributed by atoms with E-state index in [-0.39, 0.29) is 11.3 Å². The van der Waals surface area contributed by atoms with Crippen molar-refractivity contribution < 1.29 is 13.2 Å². The minimum absolute atomic E-state index is 0.0948. The molecule has 1 N–H and O–H groups in total. The zero-order chi connectivity index (χ0) is 15.1. The number of methoxy groups -OCH3 is 1. The first-order chi connectivity index (χ1) is 9.94. The maximum absolute atomic E-state index is 11.8. The van der Waals surface area contributed by atoms with Gasteiger partial charge in [0.1, 0.15) is 5.75 Å². The molecule has 2 aliphatic heterocycles. The van der Waals surface area contributed by atoms with E-state index in [0.29, 0.717) is 11.5 Å². The Hall–Kier alpha value is -0.590. The summed E-state index contributed by atoms with van der Waals surface area (Å²) in [6.07, 6.45) is 1.73. The van der Waals surface area contributed by atoms with Crippen LogP contribution in [-0.4, -0.2) is 40.1 Å². The van der Waals surface area contributed by atoms with Crippen LogP contribution in [0.3, 0.4) is 0 Å². The fourth-order valence-corrected chi connectivity index (χ4v) is 6.04. The fraction of sp³-hybridized carbons (Fsp3) is 0.600. The third-order valence-corrected chi connectivity index (χ3v) is 7.21. The molecule has 6 heteroatoms. The first-order valence-corrected chi connectivity index (χ1v) is 9.79. The molecule has 2 aliphatic rings. The molecule has 0 amide bonds. The van der Waals surface area contributed by atoms with Gasteiger partial charge >= 0.3 is 0 Å². The van der Waals surface area contributed by atoms with Gasteiger partial charge in [-0.1, -0.05) is 6.07 Å². The maximum atomic E-state index is 11.8. The van der Waals surface area contributed by atoms with Crippen molar-refractivity contribution in [1.82, 2.24) is 5.32 Å². The van der Waals surface area contributed by atoms with Crippen molar-refractivity contribution >= 4 is 25.8 Å². The van der Waals surface area contributed by atoms with E-state index in [0.717, 1.165) is 36.2 Å². The third kappa shape index (κ3) is 2.98. The van der Waals surface area contributed by atoms with E-state index in [1.807, 2.05) is 6.07 Å². The summed E-state index contributed by atoms with van der Waals surface area (Å²) in [6.45, 7) is 1.83. The molecule has 116 valence electrons. The second-order valence-electron chi connectivity index (χ2n) is 6.21. The van der Waals surface area contributed by atoms with Crippen LogP contribution in [0.1, 0.15) is 12.0 Å². The van der Waals surface area contributed by atoms with E-state index < -0.39 is 9.84 Å². The molecular formula is C15H20BrNO3S. The second-order valence-corrected chi connectivity index (χ2v) is 9.29. The first-order valence-electron chi connectivity index (χ1n) is 7.18. The normalized spacial score (nSPS) is 26.3. The summed E-state index contributed by atoms with van der Waals surface area (Å²) in [7, 11) is -1.17. The fourth-order valence-electron chi connectivity index (χ4n) is 3.51. The summed E-state index contributed by atoms with van der Waals surface area (Å²) in [5, 5.41) is 3.33. The number of rotatable bonds is 4. The summed E-state index contributed by atoms with van der Waals surface area (Å²) < 4.78 is 29.8. The first kappa shape index (κ1) is 15.3. The zero-order valence-electron chi connectivity index (χ0n) is 12.1. The van der Waals surface area contributed by atoms with Crippen LogP contribution >= 0.6 is 15.9 Å². The lowest BCUT2D eigenvalue weighted by Gasteiger charge is -2.47. The number of ether oxygens (including phenoxy) is 1. The van der Waals surface area contributed by atoms with E-state index in [1.165, 1.54) is 5.56 Å². The van der Waals surface area contributed by atoms with E-state index in [9.17, 15) is 8.42 Å². The number of hydrogen-bond acceptors (Lipinski definition) is 4. The van der Waals surface area contributed by atoms with Gasteiger partial charge in [0.15, 0.2) is 9.84 Å². The van der Waals surface area contributed by atoms with Crippen LogP contribution in [0, 0.1) is 11.3 Å². The summed E-state index contributed by atoms with van der Waals surface area (Å²) in [6, 6.07) is 6.13. The molecule has 0 bridgehead atoms. The van der Waals surface area contributed by atoms with Crippen molar-refractivity contribution in [3.8, 4) is 5.75 Å². The van der Waals surface area contributed by atoms with Crippen LogP contribution in [0.5, 0.6) is 5.75 Å². The van der Waals surface area contributed by atoms with Gasteiger partial charge < -0.3 is 10.1 Å². The molecule has 0 aromatic heterocycles. The Bertz CT molecular complexity index is 640. The van der Waals surface area contributed by atoms with Gasteiger partial charge in [-0.2, -0.15) is 0 Å². The molecule has 2 fully saturated rings. The third-order valence-electron chi connectivity index (χ3n) is 4.82. The van der Waals surface area contributed by atoms with Gasteiger partial charge in [-0.3, -0.25) is 0 Å². The predicted molar refractivity (Wildman–Crippen MR) is 86.5 cm³/mol. The lowest BCUT2D eigenvalue weighted by atomic mass is 9.67. The maximum Gasteiger partial charge on any atom is 0.150 e. The van der Waals surface area contributed by atoms with Crippen molar-refractivity contribution in [1.29, 1.82) is 0 Å². The van der Waals surface area contributed by atoms with Gasteiger partial charge in [0, 0.05) is 18.5 Å². The average molecular weight is 374 g/mol. The lowest BCUT2D eigenvalue weighted by Crippen LogP contribution is -2.59. The molecule has 0 aliphatic carbocycles. The largest absolute Gasteiger partial charge is 0.496 e. The number of sulfone groups is 1. The van der Waals surface area contributed by atoms with Gasteiger partial charge in [-0.05, 0) is 52.4 Å². The number of halogens is 1. The van der Waals surface area contributed by atoms with Crippen LogP contribution < -0.4 is 10.1 Å². The Balaban J connectivity index is 1.80. The van der Waals surface area contributed by atoms with Crippen LogP contribution in [0.25, 0.3) is 0 Å². The molecule has 3 rings (SSSR count). The smallest absolute Gasteiger partial charge is 0.150 e. The molecule has 0 radical (unpaired) electrons. The average Bonchev–Trinajstić information content (AvgIpc) is 2.74. The molecule has 4 nitrogen and oxygen atoms in total. The summed E-state index contributed by atoms with van der Waals surface area (Å²) in [5.41, 5.74) is 1.32. The molecule has 21 heavy (non-hydrogen) atoms. The van der Waals surface area contributed by atoms with Gasteiger partial charge in [0.25, 0.3) is 0 Å². The van der Waals surface area contributed by atoms with E-state index in [1.54, 1.807) is 7.11 Å². The highest BCUT2D eigenvalue weighted by molar-refractivity contribution is 9.10. The highest BCUT2D eigenvalue weighted by Crippen LogP contribution is 2.42. The standard InChI is InChI=1S/C15H20BrNO3S/c1-20-14-3-2-11(6-13(14)16)7-15(9-17-10-15)12-4-5-21(18,19)8-12/h2-3,6,12,17H,4-5,7-10H2,1H3. The molecular weight excluding hydrogens is 354 g/mol. The minimum atomic E-state index is -2.82. The topological polar surface area (TPSA) is 55.4 Å². The summed E-state index contributed by atoms with van der Waals surface area (Å²) in [5.74, 6) is 1.81. The Morgan fingerprint density at radius 2 is 2.19 bits per heavy atom. The Morgan fingerprint density at radius 3 is 2.67 bits per heavy atom. The molecule has 0 spiro atoms. The van der Waals surface area contributed by atoms with Crippen LogP contribution in [0.15, 0.2) is 22.7 Å². The predicted octanol–water partition coefficient (Wildman–Crippen LogP) is 2.02. The zero-order valence-corrected chi connectivity index (χ0v) is 14.5. The van der Waals surface area contributed by atoms with Crippen molar-refractivity contribution in [3.63, 3.8) is 0 Å². The highest BCUT2D eigenvalue weighted by atomic mass is 79.9. The molecule has 1 aromatic rings. The Labute approximate surface area is 134 Å². The lowest BCUT2D eigenvalue weighted by molar-refractivity contribution is 0.0924. The van der Waals surface area contributed by atoms with Crippen molar-refractivity contribution in [3.05, 3.63) is 28.2 Å². The van der Waals surface area contributed by atoms with Crippen LogP contribution in [0.4, 0.5) is 0 Å². The molecule has 1 aromatic carbocycles. The summed E-state index contributed by atoms with van der Waals surface area (Å²) in [4.78, 5) is 0. The van der Waals surface area contributed by atoms with Gasteiger partial charge in [0.05, 0.1) is 23.1 Å². The second kappa shape index (κ2) is 5.56. The van der Waals surface area contributed by atoms with Crippen LogP contribution in [0.2, 0.25) is 0 Å². The van der Waals surface area contributed by atoms with E-state index in [2.05, 4.69) is 33.4 Å². The van der Waals surface area contributed by atoms with Crippen LogP contribution in [-0.2, 0) is 16.3 Å². The highest BCUT2D eigenvalue weighted by Gasteiger charge is 2.48. The summed E-state index contributed by atoms with van der Waals surface area (Å²) >= 11 is 3.52. The van der Waals surface area contributed by atoms with Crippen molar-refractivity contribution in [2.75, 3.05) is 31.7 Å². The number of nitrogens with one attached hydrogen (secondary N) is 1. The van der Waals surface area contributed by atoms with E-state index >= 15 is 0 Å². The molecule has 0 saturated carbocycles. The quantitative estimate of drug-likeness (QED) is 0.876. The van der Waals surface area contributed by atoms with E-state index in [4.69, 9.17) is 4.74 Å². The minimum Gasteiger partial charge on any atom is -0.496 e. The number of benzene rings is 1. The molecule has 1 atom stereocenters. The van der Waals surface area contributed by atoms with Crippen molar-refractivity contribution in [2.45, 2.75) is 12.8 Å². The van der Waals surface area contributed by atoms with Crippen molar-refractivity contribution in [2.24, 2.45) is 11.3 Å². The monoisotopic (exact) mass is 373 g/mol.